The molecule has 1 N–H and O–H groups in total. The molecule has 1 aliphatic heterocycles. The monoisotopic (exact) mass is 170 g/mol. The van der Waals surface area contributed by atoms with Crippen LogP contribution in [0.4, 0.5) is 4.79 Å². The highest BCUT2D eigenvalue weighted by molar-refractivity contribution is 5.74. The molecule has 1 unspecified atom stereocenters. The van der Waals surface area contributed by atoms with Crippen molar-refractivity contribution in [3.8, 4) is 0 Å². The van der Waals surface area contributed by atoms with Gasteiger partial charge in [-0.2, -0.15) is 0 Å². The molecular formula is C9H18N2O. The van der Waals surface area contributed by atoms with Crippen molar-refractivity contribution in [3.63, 3.8) is 0 Å². The van der Waals surface area contributed by atoms with Gasteiger partial charge in [-0.05, 0) is 25.7 Å². The summed E-state index contributed by atoms with van der Waals surface area (Å²) >= 11 is 0. The Labute approximate surface area is 74.1 Å². The van der Waals surface area contributed by atoms with Crippen molar-refractivity contribution in [1.29, 1.82) is 0 Å². The second kappa shape index (κ2) is 4.33. The minimum atomic E-state index is 0.101. The number of carbonyl (C=O) groups excluding carboxylic acids is 1. The van der Waals surface area contributed by atoms with Crippen molar-refractivity contribution < 1.29 is 4.79 Å². The number of nitrogens with zero attached hydrogens (tertiary/aromatic N) is 1. The Balaban J connectivity index is 2.35. The van der Waals surface area contributed by atoms with E-state index in [1.807, 2.05) is 11.8 Å². The molecule has 12 heavy (non-hydrogen) atoms. The predicted molar refractivity (Wildman–Crippen MR) is 49.0 cm³/mol. The summed E-state index contributed by atoms with van der Waals surface area (Å²) in [4.78, 5) is 13.3. The highest BCUT2D eigenvalue weighted by atomic mass is 16.2. The van der Waals surface area contributed by atoms with E-state index in [1.165, 1.54) is 6.42 Å². The van der Waals surface area contributed by atoms with Crippen LogP contribution in [0, 0.1) is 5.92 Å². The summed E-state index contributed by atoms with van der Waals surface area (Å²) in [7, 11) is 0. The summed E-state index contributed by atoms with van der Waals surface area (Å²) in [6.45, 7) is 6.72. The Hall–Kier alpha value is -0.730. The molecule has 2 amide bonds. The molecule has 0 saturated carbocycles. The van der Waals surface area contributed by atoms with E-state index >= 15 is 0 Å². The molecule has 0 aromatic carbocycles. The van der Waals surface area contributed by atoms with Gasteiger partial charge >= 0.3 is 6.03 Å². The number of hydrogen-bond donors (Lipinski definition) is 1. The van der Waals surface area contributed by atoms with Crippen LogP contribution in [0.25, 0.3) is 0 Å². The number of urea groups is 1. The molecular weight excluding hydrogens is 152 g/mol. The van der Waals surface area contributed by atoms with Crippen molar-refractivity contribution in [1.82, 2.24) is 10.2 Å². The van der Waals surface area contributed by atoms with Crippen molar-refractivity contribution >= 4 is 6.03 Å². The van der Waals surface area contributed by atoms with E-state index < -0.39 is 0 Å². The average molecular weight is 170 g/mol. The molecule has 0 aliphatic carbocycles. The third kappa shape index (κ3) is 2.40. The van der Waals surface area contributed by atoms with E-state index in [-0.39, 0.29) is 6.03 Å². The van der Waals surface area contributed by atoms with Gasteiger partial charge in [-0.3, -0.25) is 0 Å². The first kappa shape index (κ1) is 9.36. The lowest BCUT2D eigenvalue weighted by Gasteiger charge is -2.30. The summed E-state index contributed by atoms with van der Waals surface area (Å²) in [5.74, 6) is 0.668. The lowest BCUT2D eigenvalue weighted by Crippen LogP contribution is -2.44. The zero-order chi connectivity index (χ0) is 8.97. The highest BCUT2D eigenvalue weighted by Crippen LogP contribution is 2.14. The Kier molecular flexibility index (Phi) is 3.38. The van der Waals surface area contributed by atoms with E-state index in [1.54, 1.807) is 0 Å². The lowest BCUT2D eigenvalue weighted by atomic mass is 10.0. The van der Waals surface area contributed by atoms with E-state index in [4.69, 9.17) is 0 Å². The van der Waals surface area contributed by atoms with Gasteiger partial charge in [-0.1, -0.05) is 6.92 Å². The van der Waals surface area contributed by atoms with Crippen LogP contribution in [-0.2, 0) is 0 Å². The minimum absolute atomic E-state index is 0.101. The molecule has 0 spiro atoms. The van der Waals surface area contributed by atoms with Crippen molar-refractivity contribution in [2.24, 2.45) is 5.92 Å². The maximum absolute atomic E-state index is 11.4. The molecule has 1 saturated heterocycles. The van der Waals surface area contributed by atoms with Crippen molar-refractivity contribution in [3.05, 3.63) is 0 Å². The zero-order valence-electron chi connectivity index (χ0n) is 7.97. The van der Waals surface area contributed by atoms with Gasteiger partial charge in [0.05, 0.1) is 0 Å². The largest absolute Gasteiger partial charge is 0.338 e. The maximum Gasteiger partial charge on any atom is 0.317 e. The fourth-order valence-corrected chi connectivity index (χ4v) is 1.64. The predicted octanol–water partition coefficient (Wildman–Crippen LogP) is 1.45. The van der Waals surface area contributed by atoms with Crippen LogP contribution < -0.4 is 5.32 Å². The Morgan fingerprint density at radius 3 is 3.00 bits per heavy atom. The maximum atomic E-state index is 11.4. The fourth-order valence-electron chi connectivity index (χ4n) is 1.64. The summed E-state index contributed by atoms with van der Waals surface area (Å²) < 4.78 is 0. The van der Waals surface area contributed by atoms with Gasteiger partial charge in [-0.15, -0.1) is 0 Å². The first-order valence-corrected chi connectivity index (χ1v) is 4.76. The second-order valence-corrected chi connectivity index (χ2v) is 3.53. The normalized spacial score (nSPS) is 23.8. The Morgan fingerprint density at radius 2 is 2.42 bits per heavy atom. The zero-order valence-corrected chi connectivity index (χ0v) is 7.97. The number of rotatable bonds is 1. The highest BCUT2D eigenvalue weighted by Gasteiger charge is 2.19. The number of carbonyl (C=O) groups is 1. The van der Waals surface area contributed by atoms with Gasteiger partial charge < -0.3 is 10.2 Å². The quantitative estimate of drug-likeness (QED) is 0.634. The topological polar surface area (TPSA) is 32.3 Å². The number of likely N-dealkylation sites (tertiary alicyclic amines) is 1. The molecule has 70 valence electrons. The SMILES string of the molecule is CCNC(=O)N1CCCC(C)C1. The van der Waals surface area contributed by atoms with Gasteiger partial charge in [0, 0.05) is 19.6 Å². The van der Waals surface area contributed by atoms with Gasteiger partial charge in [0.15, 0.2) is 0 Å². The summed E-state index contributed by atoms with van der Waals surface area (Å²) in [6.07, 6.45) is 2.41. The van der Waals surface area contributed by atoms with Gasteiger partial charge in [0.25, 0.3) is 0 Å². The standard InChI is InChI=1S/C9H18N2O/c1-3-10-9(12)11-6-4-5-8(2)7-11/h8H,3-7H2,1-2H3,(H,10,12). The summed E-state index contributed by atoms with van der Waals surface area (Å²) in [5, 5.41) is 2.82. The van der Waals surface area contributed by atoms with Gasteiger partial charge in [0.2, 0.25) is 0 Å². The van der Waals surface area contributed by atoms with Crippen LogP contribution in [0.1, 0.15) is 26.7 Å². The molecule has 1 atom stereocenters. The average Bonchev–Trinajstić information content (AvgIpc) is 2.05. The molecule has 0 bridgehead atoms. The third-order valence-corrected chi connectivity index (χ3v) is 2.27. The number of piperidine rings is 1. The molecule has 1 heterocycles. The van der Waals surface area contributed by atoms with Crippen molar-refractivity contribution in [2.75, 3.05) is 19.6 Å². The number of nitrogens with one attached hydrogen (secondary N) is 1. The molecule has 0 aromatic heterocycles. The molecule has 3 heteroatoms. The van der Waals surface area contributed by atoms with Gasteiger partial charge in [-0.25, -0.2) is 4.79 Å². The molecule has 0 aromatic rings. The number of amides is 2. The Morgan fingerprint density at radius 1 is 1.67 bits per heavy atom. The van der Waals surface area contributed by atoms with Crippen LogP contribution in [0.3, 0.4) is 0 Å². The van der Waals surface area contributed by atoms with E-state index in [2.05, 4.69) is 12.2 Å². The smallest absolute Gasteiger partial charge is 0.317 e. The minimum Gasteiger partial charge on any atom is -0.338 e. The molecule has 1 fully saturated rings. The van der Waals surface area contributed by atoms with Crippen LogP contribution in [0.5, 0.6) is 0 Å². The Bertz CT molecular complexity index is 159. The molecule has 1 rings (SSSR count). The molecule has 3 nitrogen and oxygen atoms in total. The lowest BCUT2D eigenvalue weighted by molar-refractivity contribution is 0.170. The molecule has 0 radical (unpaired) electrons. The van der Waals surface area contributed by atoms with E-state index in [0.29, 0.717) is 5.92 Å². The molecule has 1 aliphatic rings. The fraction of sp³-hybridized carbons (Fsp3) is 0.889. The first-order valence-electron chi connectivity index (χ1n) is 4.76. The second-order valence-electron chi connectivity index (χ2n) is 3.53. The van der Waals surface area contributed by atoms with Crippen LogP contribution in [0.15, 0.2) is 0 Å². The van der Waals surface area contributed by atoms with Gasteiger partial charge in [0.1, 0.15) is 0 Å². The van der Waals surface area contributed by atoms with E-state index in [0.717, 1.165) is 26.1 Å². The van der Waals surface area contributed by atoms with Crippen LogP contribution >= 0.6 is 0 Å². The van der Waals surface area contributed by atoms with E-state index in [9.17, 15) is 4.79 Å². The van der Waals surface area contributed by atoms with Crippen LogP contribution in [-0.4, -0.2) is 30.6 Å². The van der Waals surface area contributed by atoms with Crippen LogP contribution in [0.2, 0.25) is 0 Å². The summed E-state index contributed by atoms with van der Waals surface area (Å²) in [5.41, 5.74) is 0. The first-order chi connectivity index (χ1) is 5.74. The summed E-state index contributed by atoms with van der Waals surface area (Å²) in [6, 6.07) is 0.101. The van der Waals surface area contributed by atoms with Crippen molar-refractivity contribution in [2.45, 2.75) is 26.7 Å². The number of hydrogen-bond acceptors (Lipinski definition) is 1. The third-order valence-electron chi connectivity index (χ3n) is 2.27.